The third-order valence-corrected chi connectivity index (χ3v) is 5.51. The Bertz CT molecular complexity index is 669. The van der Waals surface area contributed by atoms with Gasteiger partial charge in [0.15, 0.2) is 0 Å². The zero-order chi connectivity index (χ0) is 14.8. The van der Waals surface area contributed by atoms with Gasteiger partial charge in [0.1, 0.15) is 0 Å². The zero-order valence-corrected chi connectivity index (χ0v) is 12.9. The number of benzene rings is 2. The predicted molar refractivity (Wildman–Crippen MR) is 81.3 cm³/mol. The maximum atomic E-state index is 12.5. The first-order chi connectivity index (χ1) is 9.43. The Morgan fingerprint density at radius 2 is 1.55 bits per heavy atom. The first kappa shape index (κ1) is 15.0. The normalized spacial score (nSPS) is 13.4. The van der Waals surface area contributed by atoms with E-state index in [2.05, 4.69) is 0 Å². The molecule has 0 aliphatic rings. The molecule has 0 aromatic heterocycles. The van der Waals surface area contributed by atoms with E-state index in [9.17, 15) is 8.42 Å². The molecule has 0 spiro atoms. The van der Waals surface area contributed by atoms with E-state index in [4.69, 9.17) is 11.6 Å². The van der Waals surface area contributed by atoms with Crippen molar-refractivity contribution >= 4 is 21.6 Å². The molecule has 1 atom stereocenters. The van der Waals surface area contributed by atoms with Crippen molar-refractivity contribution < 1.29 is 8.42 Å². The zero-order valence-electron chi connectivity index (χ0n) is 11.3. The monoisotopic (exact) mass is 309 g/mol. The maximum absolute atomic E-state index is 12.5. The van der Waals surface area contributed by atoms with Crippen molar-refractivity contribution in [3.05, 3.63) is 65.2 Å². The highest BCUT2D eigenvalue weighted by atomic mass is 35.5. The molecule has 5 heteroatoms. The highest BCUT2D eigenvalue weighted by Crippen LogP contribution is 2.26. The summed E-state index contributed by atoms with van der Waals surface area (Å²) >= 11 is 5.79. The third kappa shape index (κ3) is 3.03. The summed E-state index contributed by atoms with van der Waals surface area (Å²) in [6.45, 7) is 1.86. The molecule has 106 valence electrons. The number of sulfonamides is 1. The van der Waals surface area contributed by atoms with Crippen LogP contribution in [0.4, 0.5) is 0 Å². The minimum absolute atomic E-state index is 0.239. The number of hydrogen-bond acceptors (Lipinski definition) is 2. The summed E-state index contributed by atoms with van der Waals surface area (Å²) in [5.74, 6) is 0. The van der Waals surface area contributed by atoms with E-state index in [-0.39, 0.29) is 10.9 Å². The van der Waals surface area contributed by atoms with Gasteiger partial charge in [0.25, 0.3) is 0 Å². The second-order valence-corrected chi connectivity index (χ2v) is 7.00. The lowest BCUT2D eigenvalue weighted by molar-refractivity contribution is 0.398. The molecule has 3 nitrogen and oxygen atoms in total. The smallest absolute Gasteiger partial charge is 0.207 e. The Labute approximate surface area is 124 Å². The van der Waals surface area contributed by atoms with Crippen LogP contribution >= 0.6 is 11.6 Å². The molecule has 0 saturated heterocycles. The summed E-state index contributed by atoms with van der Waals surface area (Å²) in [6.07, 6.45) is 0. The average Bonchev–Trinajstić information content (AvgIpc) is 2.47. The van der Waals surface area contributed by atoms with Crippen molar-refractivity contribution in [1.82, 2.24) is 4.31 Å². The quantitative estimate of drug-likeness (QED) is 0.863. The van der Waals surface area contributed by atoms with E-state index in [1.54, 1.807) is 19.2 Å². The molecule has 0 aliphatic carbocycles. The summed E-state index contributed by atoms with van der Waals surface area (Å²) in [6, 6.07) is 15.5. The van der Waals surface area contributed by atoms with E-state index < -0.39 is 10.0 Å². The molecule has 2 rings (SSSR count). The first-order valence-electron chi connectivity index (χ1n) is 6.21. The fraction of sp³-hybridized carbons (Fsp3) is 0.200. The van der Waals surface area contributed by atoms with Crippen LogP contribution in [0.1, 0.15) is 18.5 Å². The van der Waals surface area contributed by atoms with Gasteiger partial charge in [-0.15, -0.1) is 0 Å². The van der Waals surface area contributed by atoms with E-state index in [1.807, 2.05) is 37.3 Å². The van der Waals surface area contributed by atoms with E-state index in [1.165, 1.54) is 16.4 Å². The minimum Gasteiger partial charge on any atom is -0.207 e. The second kappa shape index (κ2) is 5.95. The van der Waals surface area contributed by atoms with Gasteiger partial charge in [0.05, 0.1) is 4.90 Å². The Balaban J connectivity index is 2.32. The van der Waals surface area contributed by atoms with Crippen LogP contribution in [0.25, 0.3) is 0 Å². The number of halogens is 1. The molecule has 20 heavy (non-hydrogen) atoms. The van der Waals surface area contributed by atoms with Gasteiger partial charge in [-0.2, -0.15) is 4.31 Å². The summed E-state index contributed by atoms with van der Waals surface area (Å²) in [7, 11) is -1.94. The van der Waals surface area contributed by atoms with Crippen LogP contribution in [-0.2, 0) is 10.0 Å². The molecule has 0 saturated carbocycles. The van der Waals surface area contributed by atoms with E-state index >= 15 is 0 Å². The molecule has 0 radical (unpaired) electrons. The number of hydrogen-bond donors (Lipinski definition) is 0. The molecule has 2 aromatic carbocycles. The largest absolute Gasteiger partial charge is 0.243 e. The number of rotatable bonds is 4. The molecule has 0 amide bonds. The van der Waals surface area contributed by atoms with Gasteiger partial charge in [0, 0.05) is 18.1 Å². The fourth-order valence-electron chi connectivity index (χ4n) is 1.92. The molecular weight excluding hydrogens is 294 g/mol. The lowest BCUT2D eigenvalue weighted by Crippen LogP contribution is -2.29. The van der Waals surface area contributed by atoms with Crippen LogP contribution in [-0.4, -0.2) is 19.8 Å². The first-order valence-corrected chi connectivity index (χ1v) is 8.03. The molecule has 0 heterocycles. The lowest BCUT2D eigenvalue weighted by Gasteiger charge is -2.24. The molecule has 0 bridgehead atoms. The van der Waals surface area contributed by atoms with Gasteiger partial charge < -0.3 is 0 Å². The van der Waals surface area contributed by atoms with E-state index in [0.717, 1.165) is 5.56 Å². The van der Waals surface area contributed by atoms with Gasteiger partial charge in [0.2, 0.25) is 10.0 Å². The van der Waals surface area contributed by atoms with Crippen LogP contribution in [0, 0.1) is 0 Å². The highest BCUT2D eigenvalue weighted by Gasteiger charge is 2.25. The Morgan fingerprint density at radius 3 is 2.10 bits per heavy atom. The third-order valence-electron chi connectivity index (χ3n) is 3.32. The SMILES string of the molecule is C[C@H](c1ccccc1)N(C)S(=O)(=O)c1ccc(Cl)cc1. The Hall–Kier alpha value is -1.36. The summed E-state index contributed by atoms with van der Waals surface area (Å²) < 4.78 is 26.4. The van der Waals surface area contributed by atoms with Crippen molar-refractivity contribution in [3.8, 4) is 0 Å². The summed E-state index contributed by atoms with van der Waals surface area (Å²) in [5, 5.41) is 0.516. The van der Waals surface area contributed by atoms with Crippen molar-refractivity contribution in [1.29, 1.82) is 0 Å². The van der Waals surface area contributed by atoms with Gasteiger partial charge in [-0.3, -0.25) is 0 Å². The van der Waals surface area contributed by atoms with Crippen LogP contribution in [0.5, 0.6) is 0 Å². The maximum Gasteiger partial charge on any atom is 0.243 e. The van der Waals surface area contributed by atoms with Crippen LogP contribution in [0.15, 0.2) is 59.5 Å². The van der Waals surface area contributed by atoms with Gasteiger partial charge in [-0.1, -0.05) is 41.9 Å². The molecule has 0 fully saturated rings. The topological polar surface area (TPSA) is 37.4 Å². The van der Waals surface area contributed by atoms with Crippen LogP contribution in [0.2, 0.25) is 5.02 Å². The average molecular weight is 310 g/mol. The van der Waals surface area contributed by atoms with Crippen LogP contribution < -0.4 is 0 Å². The molecular formula is C15H16ClNO2S. The van der Waals surface area contributed by atoms with Gasteiger partial charge >= 0.3 is 0 Å². The second-order valence-electron chi connectivity index (χ2n) is 4.56. The highest BCUT2D eigenvalue weighted by molar-refractivity contribution is 7.89. The molecule has 0 N–H and O–H groups in total. The fourth-order valence-corrected chi connectivity index (χ4v) is 3.40. The van der Waals surface area contributed by atoms with Crippen LogP contribution in [0.3, 0.4) is 0 Å². The summed E-state index contributed by atoms with van der Waals surface area (Å²) in [4.78, 5) is 0.243. The van der Waals surface area contributed by atoms with Crippen molar-refractivity contribution in [3.63, 3.8) is 0 Å². The molecule has 0 unspecified atom stereocenters. The summed E-state index contributed by atoms with van der Waals surface area (Å²) in [5.41, 5.74) is 0.951. The number of nitrogens with zero attached hydrogens (tertiary/aromatic N) is 1. The van der Waals surface area contributed by atoms with Gasteiger partial charge in [-0.25, -0.2) is 8.42 Å². The standard InChI is InChI=1S/C15H16ClNO2S/c1-12(13-6-4-3-5-7-13)17(2)20(18,19)15-10-8-14(16)9-11-15/h3-12H,1-2H3/t12-/m1/s1. The lowest BCUT2D eigenvalue weighted by atomic mass is 10.1. The van der Waals surface area contributed by atoms with Crippen molar-refractivity contribution in [2.45, 2.75) is 17.9 Å². The predicted octanol–water partition coefficient (Wildman–Crippen LogP) is 3.72. The Morgan fingerprint density at radius 1 is 1.00 bits per heavy atom. The molecule has 2 aromatic rings. The van der Waals surface area contributed by atoms with Crippen molar-refractivity contribution in [2.75, 3.05) is 7.05 Å². The minimum atomic E-state index is -3.53. The Kier molecular flexibility index (Phi) is 4.48. The van der Waals surface area contributed by atoms with Gasteiger partial charge in [-0.05, 0) is 36.8 Å². The van der Waals surface area contributed by atoms with Crippen molar-refractivity contribution in [2.24, 2.45) is 0 Å². The molecule has 0 aliphatic heterocycles. The van der Waals surface area contributed by atoms with E-state index in [0.29, 0.717) is 5.02 Å².